The number of pyridine rings is 2. The minimum atomic E-state index is -0.187. The second-order valence-electron chi connectivity index (χ2n) is 4.75. The number of aromatic nitrogens is 4. The van der Waals surface area contributed by atoms with Crippen molar-refractivity contribution in [2.75, 3.05) is 11.9 Å². The van der Waals surface area contributed by atoms with Gasteiger partial charge in [0.2, 0.25) is 5.95 Å². The predicted octanol–water partition coefficient (Wildman–Crippen LogP) is 1.88. The Balaban J connectivity index is 1.72. The molecular formula is C16H15N5O. The van der Waals surface area contributed by atoms with E-state index in [1.807, 2.05) is 24.3 Å². The lowest BCUT2D eigenvalue weighted by Gasteiger charge is -2.07. The Bertz CT molecular complexity index is 786. The van der Waals surface area contributed by atoms with Crippen LogP contribution in [0, 0.1) is 0 Å². The maximum atomic E-state index is 11.8. The van der Waals surface area contributed by atoms with Crippen LogP contribution < -0.4 is 10.9 Å². The van der Waals surface area contributed by atoms with E-state index in [-0.39, 0.29) is 5.56 Å². The van der Waals surface area contributed by atoms with Crippen LogP contribution in [-0.4, -0.2) is 26.5 Å². The Morgan fingerprint density at radius 2 is 1.68 bits per heavy atom. The van der Waals surface area contributed by atoms with Gasteiger partial charge in [0.1, 0.15) is 0 Å². The number of hydrogen-bond donors (Lipinski definition) is 2. The van der Waals surface area contributed by atoms with Gasteiger partial charge < -0.3 is 5.32 Å². The highest BCUT2D eigenvalue weighted by Crippen LogP contribution is 2.14. The van der Waals surface area contributed by atoms with Crippen LogP contribution >= 0.6 is 0 Å². The lowest BCUT2D eigenvalue weighted by Crippen LogP contribution is -2.14. The van der Waals surface area contributed by atoms with Gasteiger partial charge in [-0.1, -0.05) is 0 Å². The van der Waals surface area contributed by atoms with Gasteiger partial charge in [0.05, 0.1) is 5.69 Å². The third kappa shape index (κ3) is 3.54. The topological polar surface area (TPSA) is 83.6 Å². The van der Waals surface area contributed by atoms with Crippen LogP contribution in [0.4, 0.5) is 5.95 Å². The molecule has 0 radical (unpaired) electrons. The molecule has 2 N–H and O–H groups in total. The van der Waals surface area contributed by atoms with Gasteiger partial charge in [-0.05, 0) is 36.2 Å². The van der Waals surface area contributed by atoms with Crippen molar-refractivity contribution in [1.82, 2.24) is 19.9 Å². The fraction of sp³-hybridized carbons (Fsp3) is 0.125. The molecule has 0 bridgehead atoms. The molecule has 0 saturated carbocycles. The SMILES string of the molecule is O=c1cc(-c2ccncc2)nc(NCCc2ccncc2)[nH]1. The fourth-order valence-corrected chi connectivity index (χ4v) is 2.09. The van der Waals surface area contributed by atoms with Crippen LogP contribution in [0.25, 0.3) is 11.3 Å². The van der Waals surface area contributed by atoms with Crippen LogP contribution in [0.3, 0.4) is 0 Å². The Hall–Kier alpha value is -3.02. The third-order valence-electron chi connectivity index (χ3n) is 3.17. The Morgan fingerprint density at radius 1 is 1.00 bits per heavy atom. The van der Waals surface area contributed by atoms with Gasteiger partial charge in [-0.25, -0.2) is 4.98 Å². The summed E-state index contributed by atoms with van der Waals surface area (Å²) in [5.41, 5.74) is 2.47. The Labute approximate surface area is 127 Å². The van der Waals surface area contributed by atoms with Gasteiger partial charge in [-0.3, -0.25) is 19.7 Å². The minimum Gasteiger partial charge on any atom is -0.355 e. The average Bonchev–Trinajstić information content (AvgIpc) is 2.56. The second kappa shape index (κ2) is 6.62. The van der Waals surface area contributed by atoms with Gasteiger partial charge in [0, 0.05) is 43.0 Å². The molecule has 0 aliphatic rings. The number of hydrogen-bond acceptors (Lipinski definition) is 5. The van der Waals surface area contributed by atoms with Crippen LogP contribution in [0.1, 0.15) is 5.56 Å². The van der Waals surface area contributed by atoms with E-state index in [0.29, 0.717) is 18.2 Å². The smallest absolute Gasteiger partial charge is 0.252 e. The van der Waals surface area contributed by atoms with E-state index in [9.17, 15) is 4.79 Å². The minimum absolute atomic E-state index is 0.187. The second-order valence-corrected chi connectivity index (χ2v) is 4.75. The van der Waals surface area contributed by atoms with Gasteiger partial charge in [-0.15, -0.1) is 0 Å². The third-order valence-corrected chi connectivity index (χ3v) is 3.17. The fourth-order valence-electron chi connectivity index (χ4n) is 2.09. The summed E-state index contributed by atoms with van der Waals surface area (Å²) in [4.78, 5) is 26.8. The molecular weight excluding hydrogens is 278 g/mol. The molecule has 0 aromatic carbocycles. The molecule has 6 nitrogen and oxygen atoms in total. The summed E-state index contributed by atoms with van der Waals surface area (Å²) >= 11 is 0. The normalized spacial score (nSPS) is 10.4. The molecule has 3 rings (SSSR count). The van der Waals surface area contributed by atoms with Crippen LogP contribution in [-0.2, 0) is 6.42 Å². The number of nitrogens with one attached hydrogen (secondary N) is 2. The first-order valence-corrected chi connectivity index (χ1v) is 6.96. The molecule has 0 fully saturated rings. The first kappa shape index (κ1) is 13.9. The van der Waals surface area contributed by atoms with E-state index in [0.717, 1.165) is 12.0 Å². The van der Waals surface area contributed by atoms with Crippen molar-refractivity contribution in [3.05, 3.63) is 71.0 Å². The zero-order chi connectivity index (χ0) is 15.2. The van der Waals surface area contributed by atoms with Crippen LogP contribution in [0.15, 0.2) is 59.9 Å². The molecule has 0 saturated heterocycles. The van der Waals surface area contributed by atoms with Crippen molar-refractivity contribution < 1.29 is 0 Å². The van der Waals surface area contributed by atoms with Gasteiger partial charge in [-0.2, -0.15) is 0 Å². The van der Waals surface area contributed by atoms with E-state index in [2.05, 4.69) is 25.3 Å². The zero-order valence-electron chi connectivity index (χ0n) is 11.9. The van der Waals surface area contributed by atoms with Crippen molar-refractivity contribution in [2.24, 2.45) is 0 Å². The largest absolute Gasteiger partial charge is 0.355 e. The van der Waals surface area contributed by atoms with Crippen molar-refractivity contribution in [1.29, 1.82) is 0 Å². The summed E-state index contributed by atoms with van der Waals surface area (Å²) in [6.07, 6.45) is 7.70. The first-order valence-electron chi connectivity index (χ1n) is 6.96. The van der Waals surface area contributed by atoms with E-state index >= 15 is 0 Å². The number of rotatable bonds is 5. The molecule has 110 valence electrons. The molecule has 6 heteroatoms. The van der Waals surface area contributed by atoms with E-state index in [1.165, 1.54) is 11.6 Å². The predicted molar refractivity (Wildman–Crippen MR) is 84.5 cm³/mol. The van der Waals surface area contributed by atoms with Crippen molar-refractivity contribution >= 4 is 5.95 Å². The molecule has 3 aromatic heterocycles. The summed E-state index contributed by atoms with van der Waals surface area (Å²) in [5.74, 6) is 0.466. The lowest BCUT2D eigenvalue weighted by atomic mass is 10.2. The van der Waals surface area contributed by atoms with E-state index < -0.39 is 0 Å². The maximum Gasteiger partial charge on any atom is 0.252 e. The van der Waals surface area contributed by atoms with Crippen molar-refractivity contribution in [3.63, 3.8) is 0 Å². The lowest BCUT2D eigenvalue weighted by molar-refractivity contribution is 0.973. The van der Waals surface area contributed by atoms with Gasteiger partial charge in [0.15, 0.2) is 0 Å². The summed E-state index contributed by atoms with van der Waals surface area (Å²) in [5, 5.41) is 3.14. The molecule has 0 amide bonds. The number of nitrogens with zero attached hydrogens (tertiary/aromatic N) is 3. The van der Waals surface area contributed by atoms with Gasteiger partial charge in [0.25, 0.3) is 5.56 Å². The molecule has 3 aromatic rings. The average molecular weight is 293 g/mol. The maximum absolute atomic E-state index is 11.8. The monoisotopic (exact) mass is 293 g/mol. The van der Waals surface area contributed by atoms with Crippen LogP contribution in [0.2, 0.25) is 0 Å². The highest BCUT2D eigenvalue weighted by molar-refractivity contribution is 5.58. The van der Waals surface area contributed by atoms with Crippen LogP contribution in [0.5, 0.6) is 0 Å². The molecule has 0 unspecified atom stereocenters. The Kier molecular flexibility index (Phi) is 4.20. The quantitative estimate of drug-likeness (QED) is 0.750. The molecule has 0 spiro atoms. The number of H-pyrrole nitrogens is 1. The molecule has 22 heavy (non-hydrogen) atoms. The summed E-state index contributed by atoms with van der Waals surface area (Å²) in [7, 11) is 0. The molecule has 0 aliphatic heterocycles. The highest BCUT2D eigenvalue weighted by atomic mass is 16.1. The van der Waals surface area contributed by atoms with Crippen molar-refractivity contribution in [2.45, 2.75) is 6.42 Å². The zero-order valence-corrected chi connectivity index (χ0v) is 11.9. The molecule has 0 atom stereocenters. The summed E-state index contributed by atoms with van der Waals surface area (Å²) in [6.45, 7) is 0.673. The van der Waals surface area contributed by atoms with E-state index in [1.54, 1.807) is 24.8 Å². The summed E-state index contributed by atoms with van der Waals surface area (Å²) < 4.78 is 0. The number of anilines is 1. The first-order chi connectivity index (χ1) is 10.8. The standard InChI is InChI=1S/C16H15N5O/c22-15-11-14(13-4-8-18-9-5-13)20-16(21-15)19-10-3-12-1-6-17-7-2-12/h1-2,4-9,11H,3,10H2,(H2,19,20,21,22). The van der Waals surface area contributed by atoms with Gasteiger partial charge >= 0.3 is 0 Å². The highest BCUT2D eigenvalue weighted by Gasteiger charge is 2.03. The Morgan fingerprint density at radius 3 is 2.41 bits per heavy atom. The summed E-state index contributed by atoms with van der Waals surface area (Å²) in [6, 6.07) is 9.05. The van der Waals surface area contributed by atoms with Crippen molar-refractivity contribution in [3.8, 4) is 11.3 Å². The molecule has 3 heterocycles. The number of aromatic amines is 1. The molecule has 0 aliphatic carbocycles. The van der Waals surface area contributed by atoms with E-state index in [4.69, 9.17) is 0 Å².